The van der Waals surface area contributed by atoms with Crippen molar-refractivity contribution in [2.24, 2.45) is 14.1 Å². The van der Waals surface area contributed by atoms with Gasteiger partial charge < -0.3 is 14.7 Å². The first kappa shape index (κ1) is 16.9. The maximum Gasteiger partial charge on any atom is 0.342 e. The molecule has 0 aliphatic rings. The predicted octanol–water partition coefficient (Wildman–Crippen LogP) is 0.200. The normalized spacial score (nSPS) is 11.4. The SMILES string of the molecule is Cc1ncc([N+](=O)[O-])n1CCn1c(Cl)nc2c1c(=O)n(C)c(=O)n2C. The molecule has 3 aromatic heterocycles. The largest absolute Gasteiger partial charge is 0.358 e. The van der Waals surface area contributed by atoms with Crippen LogP contribution in [0.15, 0.2) is 15.8 Å². The Kier molecular flexibility index (Phi) is 3.95. The smallest absolute Gasteiger partial charge is 0.342 e. The van der Waals surface area contributed by atoms with Crippen LogP contribution < -0.4 is 11.2 Å². The van der Waals surface area contributed by atoms with Crippen molar-refractivity contribution in [2.45, 2.75) is 20.0 Å². The predicted molar refractivity (Wildman–Crippen MR) is 88.8 cm³/mol. The standard InChI is InChI=1S/C13H14ClN7O4/c1-7-15-6-8(21(24)25)19(7)4-5-20-9-10(16-12(20)14)17(2)13(23)18(3)11(9)22/h6H,4-5H2,1-3H3. The van der Waals surface area contributed by atoms with Crippen LogP contribution in [0.25, 0.3) is 11.2 Å². The molecule has 11 nitrogen and oxygen atoms in total. The lowest BCUT2D eigenvalue weighted by Crippen LogP contribution is -2.37. The Morgan fingerprint density at radius 2 is 1.84 bits per heavy atom. The summed E-state index contributed by atoms with van der Waals surface area (Å²) >= 11 is 6.13. The molecule has 0 atom stereocenters. The van der Waals surface area contributed by atoms with E-state index < -0.39 is 16.2 Å². The quantitative estimate of drug-likeness (QED) is 0.368. The molecule has 0 spiro atoms. The number of imidazole rings is 2. The molecule has 0 aliphatic heterocycles. The summed E-state index contributed by atoms with van der Waals surface area (Å²) in [5, 5.41) is 11.1. The minimum absolute atomic E-state index is 0.0220. The first-order chi connectivity index (χ1) is 11.7. The molecular formula is C13H14ClN7O4. The second-order valence-corrected chi connectivity index (χ2v) is 5.82. The molecule has 0 saturated carbocycles. The molecule has 0 unspecified atom stereocenters. The fourth-order valence-corrected chi connectivity index (χ4v) is 2.95. The molecule has 0 amide bonds. The Morgan fingerprint density at radius 3 is 2.48 bits per heavy atom. The highest BCUT2D eigenvalue weighted by molar-refractivity contribution is 6.29. The van der Waals surface area contributed by atoms with Gasteiger partial charge in [-0.3, -0.25) is 13.9 Å². The van der Waals surface area contributed by atoms with Crippen LogP contribution >= 0.6 is 11.6 Å². The molecule has 0 aromatic carbocycles. The monoisotopic (exact) mass is 367 g/mol. The zero-order valence-corrected chi connectivity index (χ0v) is 14.4. The number of rotatable bonds is 4. The summed E-state index contributed by atoms with van der Waals surface area (Å²) < 4.78 is 5.03. The highest BCUT2D eigenvalue weighted by Gasteiger charge is 2.21. The number of hydrogen-bond acceptors (Lipinski definition) is 6. The van der Waals surface area contributed by atoms with Gasteiger partial charge in [-0.2, -0.15) is 4.98 Å². The molecule has 25 heavy (non-hydrogen) atoms. The summed E-state index contributed by atoms with van der Waals surface area (Å²) in [6.07, 6.45) is 1.17. The number of nitrogens with zero attached hydrogens (tertiary/aromatic N) is 7. The van der Waals surface area contributed by atoms with Gasteiger partial charge in [0.1, 0.15) is 12.7 Å². The van der Waals surface area contributed by atoms with Gasteiger partial charge in [0, 0.05) is 21.0 Å². The van der Waals surface area contributed by atoms with Gasteiger partial charge in [0.2, 0.25) is 5.28 Å². The molecule has 3 heterocycles. The molecule has 0 radical (unpaired) electrons. The van der Waals surface area contributed by atoms with Gasteiger partial charge in [-0.05, 0) is 16.5 Å². The second-order valence-electron chi connectivity index (χ2n) is 5.48. The molecule has 0 fully saturated rings. The third kappa shape index (κ3) is 2.52. The number of aryl methyl sites for hydroxylation is 3. The molecule has 0 bridgehead atoms. The van der Waals surface area contributed by atoms with E-state index >= 15 is 0 Å². The fourth-order valence-electron chi connectivity index (χ4n) is 2.70. The number of aromatic nitrogens is 6. The van der Waals surface area contributed by atoms with Gasteiger partial charge in [0.05, 0.1) is 6.54 Å². The fraction of sp³-hybridized carbons (Fsp3) is 0.385. The lowest BCUT2D eigenvalue weighted by atomic mass is 10.4. The van der Waals surface area contributed by atoms with Gasteiger partial charge in [-0.25, -0.2) is 14.3 Å². The van der Waals surface area contributed by atoms with Crippen molar-refractivity contribution >= 4 is 28.6 Å². The van der Waals surface area contributed by atoms with Gasteiger partial charge in [0.25, 0.3) is 5.56 Å². The molecule has 0 aliphatic carbocycles. The first-order valence-electron chi connectivity index (χ1n) is 7.22. The van der Waals surface area contributed by atoms with Crippen molar-refractivity contribution in [3.05, 3.63) is 48.3 Å². The average Bonchev–Trinajstić information content (AvgIpc) is 3.09. The van der Waals surface area contributed by atoms with Crippen LogP contribution in [0.2, 0.25) is 5.28 Å². The number of halogens is 1. The van der Waals surface area contributed by atoms with Gasteiger partial charge in [0.15, 0.2) is 17.0 Å². The zero-order valence-electron chi connectivity index (χ0n) is 13.6. The maximum atomic E-state index is 12.4. The summed E-state index contributed by atoms with van der Waals surface area (Å²) in [5.41, 5.74) is -0.723. The van der Waals surface area contributed by atoms with Crippen molar-refractivity contribution in [3.8, 4) is 0 Å². The van der Waals surface area contributed by atoms with Crippen LogP contribution in [0.3, 0.4) is 0 Å². The highest BCUT2D eigenvalue weighted by Crippen LogP contribution is 2.18. The van der Waals surface area contributed by atoms with E-state index in [1.54, 1.807) is 6.92 Å². The molecule has 12 heteroatoms. The van der Waals surface area contributed by atoms with Crippen molar-refractivity contribution in [1.29, 1.82) is 0 Å². The Hall–Kier alpha value is -2.95. The molecule has 0 N–H and O–H groups in total. The van der Waals surface area contributed by atoms with E-state index in [0.717, 1.165) is 4.57 Å². The highest BCUT2D eigenvalue weighted by atomic mass is 35.5. The molecule has 0 saturated heterocycles. The van der Waals surface area contributed by atoms with Crippen molar-refractivity contribution in [2.75, 3.05) is 0 Å². The molecule has 3 rings (SSSR count). The van der Waals surface area contributed by atoms with Gasteiger partial charge in [-0.15, -0.1) is 0 Å². The average molecular weight is 368 g/mol. The Labute approximate surface area is 144 Å². The number of hydrogen-bond donors (Lipinski definition) is 0. The van der Waals surface area contributed by atoms with E-state index in [2.05, 4.69) is 9.97 Å². The van der Waals surface area contributed by atoms with E-state index in [4.69, 9.17) is 11.6 Å². The maximum absolute atomic E-state index is 12.4. The van der Waals surface area contributed by atoms with E-state index in [1.165, 1.54) is 34.0 Å². The topological polar surface area (TPSA) is 123 Å². The Bertz CT molecular complexity index is 1120. The van der Waals surface area contributed by atoms with Crippen LogP contribution in [0.4, 0.5) is 5.82 Å². The molecular weight excluding hydrogens is 354 g/mol. The third-order valence-electron chi connectivity index (χ3n) is 4.07. The minimum atomic E-state index is -0.533. The van der Waals surface area contributed by atoms with Gasteiger partial charge in [-0.1, -0.05) is 0 Å². The number of fused-ring (bicyclic) bond motifs is 1. The van der Waals surface area contributed by atoms with Crippen LogP contribution in [0.5, 0.6) is 0 Å². The molecule has 132 valence electrons. The van der Waals surface area contributed by atoms with E-state index in [1.807, 2.05) is 0 Å². The lowest BCUT2D eigenvalue weighted by molar-refractivity contribution is -0.392. The van der Waals surface area contributed by atoms with Gasteiger partial charge >= 0.3 is 11.5 Å². The van der Waals surface area contributed by atoms with Crippen LogP contribution in [-0.2, 0) is 27.2 Å². The number of nitro groups is 1. The van der Waals surface area contributed by atoms with Crippen molar-refractivity contribution in [3.63, 3.8) is 0 Å². The Balaban J connectivity index is 2.11. The second kappa shape index (κ2) is 5.84. The first-order valence-corrected chi connectivity index (χ1v) is 7.60. The van der Waals surface area contributed by atoms with E-state index in [-0.39, 0.29) is 35.4 Å². The van der Waals surface area contributed by atoms with E-state index in [0.29, 0.717) is 5.82 Å². The van der Waals surface area contributed by atoms with Crippen LogP contribution in [0, 0.1) is 17.0 Å². The summed E-state index contributed by atoms with van der Waals surface area (Å²) in [6, 6.07) is 0. The Morgan fingerprint density at radius 1 is 1.20 bits per heavy atom. The van der Waals surface area contributed by atoms with Crippen molar-refractivity contribution < 1.29 is 4.92 Å². The minimum Gasteiger partial charge on any atom is -0.358 e. The summed E-state index contributed by atoms with van der Waals surface area (Å²) in [6.45, 7) is 1.96. The summed E-state index contributed by atoms with van der Waals surface area (Å²) in [5.74, 6) is 0.311. The van der Waals surface area contributed by atoms with Crippen LogP contribution in [-0.4, -0.2) is 33.2 Å². The molecule has 3 aromatic rings. The third-order valence-corrected chi connectivity index (χ3v) is 4.36. The summed E-state index contributed by atoms with van der Waals surface area (Å²) in [4.78, 5) is 43.0. The summed E-state index contributed by atoms with van der Waals surface area (Å²) in [7, 11) is 2.85. The lowest BCUT2D eigenvalue weighted by Gasteiger charge is -2.07. The zero-order chi connectivity index (χ0) is 18.5. The van der Waals surface area contributed by atoms with Crippen molar-refractivity contribution in [1.82, 2.24) is 28.2 Å². The van der Waals surface area contributed by atoms with E-state index in [9.17, 15) is 19.7 Å². The van der Waals surface area contributed by atoms with Crippen LogP contribution in [0.1, 0.15) is 5.82 Å².